The largest absolute Gasteiger partial charge is 0.369 e. The first-order valence-corrected chi connectivity index (χ1v) is 7.08. The smallest absolute Gasteiger partial charge is 0.339 e. The SMILES string of the molecule is O=c1n(Cc2noc(C3CC3)n2)nnn1-c1cccs1. The lowest BCUT2D eigenvalue weighted by molar-refractivity contribution is 0.372. The highest BCUT2D eigenvalue weighted by atomic mass is 32.1. The zero-order valence-electron chi connectivity index (χ0n) is 10.3. The van der Waals surface area contributed by atoms with Crippen LogP contribution in [0.4, 0.5) is 0 Å². The van der Waals surface area contributed by atoms with Crippen molar-refractivity contribution in [1.29, 1.82) is 0 Å². The Labute approximate surface area is 116 Å². The van der Waals surface area contributed by atoms with E-state index in [1.54, 1.807) is 0 Å². The molecule has 3 heterocycles. The summed E-state index contributed by atoms with van der Waals surface area (Å²) in [7, 11) is 0. The molecule has 102 valence electrons. The first-order chi connectivity index (χ1) is 9.81. The van der Waals surface area contributed by atoms with Crippen LogP contribution in [0, 0.1) is 0 Å². The Bertz CT molecular complexity index is 782. The monoisotopic (exact) mass is 290 g/mol. The third-order valence-electron chi connectivity index (χ3n) is 3.06. The van der Waals surface area contributed by atoms with E-state index in [0.29, 0.717) is 17.6 Å². The minimum absolute atomic E-state index is 0.167. The fourth-order valence-electron chi connectivity index (χ4n) is 1.86. The first-order valence-electron chi connectivity index (χ1n) is 6.20. The number of aromatic nitrogens is 6. The van der Waals surface area contributed by atoms with E-state index in [0.717, 1.165) is 17.8 Å². The molecule has 8 nitrogen and oxygen atoms in total. The van der Waals surface area contributed by atoms with Gasteiger partial charge in [0.25, 0.3) is 0 Å². The predicted octanol–water partition coefficient (Wildman–Crippen LogP) is 0.799. The number of hydrogen-bond donors (Lipinski definition) is 0. The van der Waals surface area contributed by atoms with E-state index in [9.17, 15) is 4.79 Å². The van der Waals surface area contributed by atoms with Crippen molar-refractivity contribution in [2.24, 2.45) is 0 Å². The lowest BCUT2D eigenvalue weighted by Gasteiger charge is -1.92. The summed E-state index contributed by atoms with van der Waals surface area (Å²) in [4.78, 5) is 16.4. The molecule has 1 fully saturated rings. The standard InChI is InChI=1S/C11H10N6O2S/c18-11-16(14-15-17(11)9-2-1-5-20-9)6-8-12-10(19-13-8)7-3-4-7/h1-2,5,7H,3-4,6H2. The molecule has 0 aromatic carbocycles. The zero-order valence-corrected chi connectivity index (χ0v) is 11.2. The quantitative estimate of drug-likeness (QED) is 0.705. The van der Waals surface area contributed by atoms with Crippen molar-refractivity contribution in [3.05, 3.63) is 39.7 Å². The van der Waals surface area contributed by atoms with Gasteiger partial charge in [-0.2, -0.15) is 14.3 Å². The van der Waals surface area contributed by atoms with Crippen LogP contribution in [0.2, 0.25) is 0 Å². The molecule has 4 rings (SSSR count). The molecule has 0 aliphatic heterocycles. The van der Waals surface area contributed by atoms with Crippen LogP contribution in [0.5, 0.6) is 0 Å². The van der Waals surface area contributed by atoms with Gasteiger partial charge in [-0.15, -0.1) is 11.3 Å². The van der Waals surface area contributed by atoms with Gasteiger partial charge in [-0.25, -0.2) is 4.79 Å². The molecule has 0 radical (unpaired) electrons. The molecule has 1 aliphatic rings. The molecule has 0 bridgehead atoms. The van der Waals surface area contributed by atoms with E-state index in [-0.39, 0.29) is 12.2 Å². The van der Waals surface area contributed by atoms with Crippen LogP contribution in [-0.4, -0.2) is 29.9 Å². The second-order valence-electron chi connectivity index (χ2n) is 4.61. The normalized spacial score (nSPS) is 14.8. The Morgan fingerprint density at radius 1 is 1.40 bits per heavy atom. The summed E-state index contributed by atoms with van der Waals surface area (Å²) in [5.41, 5.74) is -0.315. The van der Waals surface area contributed by atoms with Crippen LogP contribution in [0.25, 0.3) is 5.00 Å². The van der Waals surface area contributed by atoms with Crippen LogP contribution in [0.1, 0.15) is 30.5 Å². The summed E-state index contributed by atoms with van der Waals surface area (Å²) in [6.45, 7) is 0.167. The first kappa shape index (κ1) is 11.5. The summed E-state index contributed by atoms with van der Waals surface area (Å²) in [6.07, 6.45) is 2.19. The van der Waals surface area contributed by atoms with Gasteiger partial charge in [0, 0.05) is 5.92 Å². The van der Waals surface area contributed by atoms with E-state index in [2.05, 4.69) is 20.6 Å². The Morgan fingerprint density at radius 3 is 3.05 bits per heavy atom. The van der Waals surface area contributed by atoms with E-state index < -0.39 is 0 Å². The predicted molar refractivity (Wildman–Crippen MR) is 68.9 cm³/mol. The minimum atomic E-state index is -0.315. The number of hydrogen-bond acceptors (Lipinski definition) is 7. The number of rotatable bonds is 4. The van der Waals surface area contributed by atoms with Gasteiger partial charge in [-0.05, 0) is 40.8 Å². The lowest BCUT2D eigenvalue weighted by atomic mass is 10.4. The molecule has 0 atom stereocenters. The molecular weight excluding hydrogens is 280 g/mol. The third-order valence-corrected chi connectivity index (χ3v) is 3.90. The van der Waals surface area contributed by atoms with Crippen LogP contribution < -0.4 is 5.69 Å². The fraction of sp³-hybridized carbons (Fsp3) is 0.364. The van der Waals surface area contributed by atoms with Crippen LogP contribution >= 0.6 is 11.3 Å². The van der Waals surface area contributed by atoms with E-state index in [1.165, 1.54) is 20.7 Å². The molecule has 3 aromatic heterocycles. The fourth-order valence-corrected chi connectivity index (χ4v) is 2.53. The van der Waals surface area contributed by atoms with Gasteiger partial charge >= 0.3 is 5.69 Å². The maximum absolute atomic E-state index is 12.1. The molecule has 3 aromatic rings. The van der Waals surface area contributed by atoms with E-state index in [1.807, 2.05) is 17.5 Å². The van der Waals surface area contributed by atoms with Crippen molar-refractivity contribution in [3.8, 4) is 5.00 Å². The third kappa shape index (κ3) is 1.95. The molecular formula is C11H10N6O2S. The van der Waals surface area contributed by atoms with Crippen molar-refractivity contribution in [1.82, 2.24) is 29.9 Å². The Morgan fingerprint density at radius 2 is 2.30 bits per heavy atom. The van der Waals surface area contributed by atoms with Gasteiger partial charge in [0.05, 0.1) is 0 Å². The molecule has 0 saturated heterocycles. The Balaban J connectivity index is 1.61. The average molecular weight is 290 g/mol. The average Bonchev–Trinajstić information content (AvgIpc) is 2.88. The Kier molecular flexibility index (Phi) is 2.52. The molecule has 0 N–H and O–H groups in total. The summed E-state index contributed by atoms with van der Waals surface area (Å²) < 4.78 is 7.63. The van der Waals surface area contributed by atoms with Crippen LogP contribution in [-0.2, 0) is 6.54 Å². The number of nitrogens with zero attached hydrogens (tertiary/aromatic N) is 6. The number of tetrazole rings is 1. The van der Waals surface area contributed by atoms with Gasteiger partial charge in [-0.3, -0.25) is 0 Å². The highest BCUT2D eigenvalue weighted by molar-refractivity contribution is 7.12. The number of thiophene rings is 1. The van der Waals surface area contributed by atoms with Gasteiger partial charge in [0.15, 0.2) is 5.82 Å². The molecule has 20 heavy (non-hydrogen) atoms. The van der Waals surface area contributed by atoms with Gasteiger partial charge < -0.3 is 4.52 Å². The zero-order chi connectivity index (χ0) is 13.5. The van der Waals surface area contributed by atoms with Crippen LogP contribution in [0.3, 0.4) is 0 Å². The van der Waals surface area contributed by atoms with Crippen molar-refractivity contribution < 1.29 is 4.52 Å². The molecule has 0 spiro atoms. The lowest BCUT2D eigenvalue weighted by Crippen LogP contribution is -2.24. The van der Waals surface area contributed by atoms with Gasteiger partial charge in [0.1, 0.15) is 11.5 Å². The highest BCUT2D eigenvalue weighted by Crippen LogP contribution is 2.38. The highest BCUT2D eigenvalue weighted by Gasteiger charge is 2.29. The van der Waals surface area contributed by atoms with Crippen molar-refractivity contribution >= 4 is 11.3 Å². The van der Waals surface area contributed by atoms with Crippen molar-refractivity contribution in [2.45, 2.75) is 25.3 Å². The molecule has 0 amide bonds. The molecule has 0 unspecified atom stereocenters. The topological polar surface area (TPSA) is 91.6 Å². The summed E-state index contributed by atoms with van der Waals surface area (Å²) in [5, 5.41) is 14.2. The van der Waals surface area contributed by atoms with Crippen molar-refractivity contribution in [2.75, 3.05) is 0 Å². The van der Waals surface area contributed by atoms with Gasteiger partial charge in [-0.1, -0.05) is 5.16 Å². The minimum Gasteiger partial charge on any atom is -0.339 e. The van der Waals surface area contributed by atoms with Gasteiger partial charge in [0.2, 0.25) is 5.89 Å². The maximum atomic E-state index is 12.1. The second kappa shape index (κ2) is 4.37. The van der Waals surface area contributed by atoms with E-state index >= 15 is 0 Å². The molecule has 9 heteroatoms. The van der Waals surface area contributed by atoms with E-state index in [4.69, 9.17) is 4.52 Å². The van der Waals surface area contributed by atoms with Crippen LogP contribution in [0.15, 0.2) is 26.8 Å². The summed E-state index contributed by atoms with van der Waals surface area (Å²) in [5.74, 6) is 1.50. The summed E-state index contributed by atoms with van der Waals surface area (Å²) in [6, 6.07) is 3.66. The maximum Gasteiger partial charge on any atom is 0.369 e. The van der Waals surface area contributed by atoms with Crippen molar-refractivity contribution in [3.63, 3.8) is 0 Å². The summed E-state index contributed by atoms with van der Waals surface area (Å²) >= 11 is 1.42. The Hall–Kier alpha value is -2.29. The molecule has 1 aliphatic carbocycles. The second-order valence-corrected chi connectivity index (χ2v) is 5.53. The molecule has 1 saturated carbocycles.